The number of hydrogen-bond acceptors (Lipinski definition) is 8. The number of aryl methyl sites for hydroxylation is 1. The van der Waals surface area contributed by atoms with Gasteiger partial charge in [0.1, 0.15) is 18.4 Å². The highest BCUT2D eigenvalue weighted by molar-refractivity contribution is 5.94. The summed E-state index contributed by atoms with van der Waals surface area (Å²) >= 11 is 0. The van der Waals surface area contributed by atoms with E-state index in [1.54, 1.807) is 18.2 Å². The predicted octanol–water partition coefficient (Wildman–Crippen LogP) is -0.547. The van der Waals surface area contributed by atoms with Gasteiger partial charge in [0.15, 0.2) is 0 Å². The fourth-order valence-electron chi connectivity index (χ4n) is 5.06. The van der Waals surface area contributed by atoms with Gasteiger partial charge in [-0.3, -0.25) is 28.8 Å². The minimum Gasteiger partial charge on any atom is -0.480 e. The van der Waals surface area contributed by atoms with Crippen LogP contribution in [-0.4, -0.2) is 84.5 Å². The Morgan fingerprint density at radius 3 is 2.11 bits per heavy atom. The Morgan fingerprint density at radius 1 is 0.870 bits per heavy atom. The molecule has 15 nitrogen and oxygen atoms in total. The number of aliphatic carboxylic acids is 1. The van der Waals surface area contributed by atoms with Gasteiger partial charge < -0.3 is 42.2 Å². The minimum atomic E-state index is -1.26. The van der Waals surface area contributed by atoms with Crippen molar-refractivity contribution in [3.8, 4) is 0 Å². The number of carboxylic acids is 1. The number of amides is 6. The van der Waals surface area contributed by atoms with Gasteiger partial charge in [0.25, 0.3) is 5.91 Å². The van der Waals surface area contributed by atoms with Gasteiger partial charge in [0, 0.05) is 30.4 Å². The average Bonchev–Trinajstić information content (AvgIpc) is 3.03. The summed E-state index contributed by atoms with van der Waals surface area (Å²) in [6, 6.07) is 4.69. The van der Waals surface area contributed by atoms with E-state index in [1.807, 2.05) is 13.0 Å². The number of nitrogens with one attached hydrogen (secondary N) is 5. The smallest absolute Gasteiger partial charge is 0.326 e. The molecule has 6 amide bonds. The summed E-state index contributed by atoms with van der Waals surface area (Å²) in [6.07, 6.45) is 3.29. The summed E-state index contributed by atoms with van der Waals surface area (Å²) in [6.45, 7) is 1.20. The molecule has 2 atom stereocenters. The van der Waals surface area contributed by atoms with Crippen LogP contribution in [0.3, 0.4) is 0 Å². The second-order valence-electron chi connectivity index (χ2n) is 11.3. The Balaban J connectivity index is 1.74. The fraction of sp³-hybridized carbons (Fsp3) is 0.548. The third-order valence-electron chi connectivity index (χ3n) is 7.69. The summed E-state index contributed by atoms with van der Waals surface area (Å²) in [5.41, 5.74) is 6.78. The number of carbonyl (C=O) groups excluding carboxylic acids is 7. The van der Waals surface area contributed by atoms with E-state index in [1.165, 1.54) is 0 Å². The highest BCUT2D eigenvalue weighted by atomic mass is 16.4. The zero-order valence-electron chi connectivity index (χ0n) is 26.0. The normalized spacial score (nSPS) is 17.0. The molecule has 0 bridgehead atoms. The third-order valence-corrected chi connectivity index (χ3v) is 7.69. The van der Waals surface area contributed by atoms with Gasteiger partial charge in [-0.1, -0.05) is 17.7 Å². The number of hydrogen-bond donors (Lipinski definition) is 7. The average molecular weight is 645 g/mol. The van der Waals surface area contributed by atoms with Gasteiger partial charge in [0.2, 0.25) is 29.5 Å². The van der Waals surface area contributed by atoms with Crippen LogP contribution in [0.5, 0.6) is 0 Å². The first-order valence-electron chi connectivity index (χ1n) is 15.4. The van der Waals surface area contributed by atoms with E-state index >= 15 is 0 Å². The molecule has 1 aliphatic carbocycles. The Labute approximate surface area is 267 Å². The second-order valence-corrected chi connectivity index (χ2v) is 11.3. The molecule has 1 aromatic carbocycles. The Hall–Kier alpha value is -4.82. The molecule has 1 aromatic rings. The first kappa shape index (κ1) is 37.4. The van der Waals surface area contributed by atoms with Crippen LogP contribution in [0.4, 0.5) is 0 Å². The molecule has 15 heteroatoms. The maximum absolute atomic E-state index is 12.7. The number of unbranched alkanes of at least 4 members (excludes halogenated alkanes) is 1. The lowest BCUT2D eigenvalue weighted by atomic mass is 9.81. The van der Waals surface area contributed by atoms with E-state index < -0.39 is 54.8 Å². The number of carbonyl (C=O) groups is 8. The number of nitrogens with two attached hydrogens (primary N) is 1. The standard InChI is InChI=1S/C31H44N6O9/c1-19-6-4-7-22(16-19)29(43)33-14-3-2-8-24(31(45)46)37-26(40)18-35-30(44)23(9-5-15-38)36-25(39)17-34-28(42)21-12-10-20(11-13-21)27(32)41/h4,6-7,15-16,20-21,23-24H,2-3,5,8-14,17-18H2,1H3,(H2,32,41)(H,33,43)(H,34,42)(H,35,44)(H,36,39)(H,37,40)(H,45,46)/t20?,21?,23-,24?/m1/s1. The van der Waals surface area contributed by atoms with Crippen molar-refractivity contribution < 1.29 is 43.5 Å². The molecular formula is C31H44N6O9. The van der Waals surface area contributed by atoms with Crippen molar-refractivity contribution in [2.24, 2.45) is 17.6 Å². The van der Waals surface area contributed by atoms with E-state index in [0.717, 1.165) is 5.56 Å². The van der Waals surface area contributed by atoms with Gasteiger partial charge in [-0.25, -0.2) is 4.79 Å². The molecule has 0 aliphatic heterocycles. The van der Waals surface area contributed by atoms with Crippen molar-refractivity contribution in [3.63, 3.8) is 0 Å². The zero-order chi connectivity index (χ0) is 34.1. The number of benzene rings is 1. The molecule has 1 aliphatic rings. The largest absolute Gasteiger partial charge is 0.480 e. The molecule has 2 rings (SSSR count). The maximum atomic E-state index is 12.7. The van der Waals surface area contributed by atoms with Crippen molar-refractivity contribution >= 4 is 47.7 Å². The van der Waals surface area contributed by atoms with Crippen LogP contribution in [0.15, 0.2) is 24.3 Å². The van der Waals surface area contributed by atoms with Crippen LogP contribution < -0.4 is 32.3 Å². The summed E-state index contributed by atoms with van der Waals surface area (Å²) in [5.74, 6) is -5.11. The highest BCUT2D eigenvalue weighted by Crippen LogP contribution is 2.28. The molecule has 1 unspecified atom stereocenters. The summed E-state index contributed by atoms with van der Waals surface area (Å²) in [4.78, 5) is 96.1. The number of primary amides is 1. The Morgan fingerprint density at radius 2 is 1.50 bits per heavy atom. The minimum absolute atomic E-state index is 0.0629. The SMILES string of the molecule is Cc1cccc(C(=O)NCCCCC(NC(=O)CNC(=O)[C@@H](CCC=O)NC(=O)CNC(=O)C2CCC(C(N)=O)CC2)C(=O)O)c1. The number of rotatable bonds is 19. The zero-order valence-corrected chi connectivity index (χ0v) is 26.0. The quantitative estimate of drug-likeness (QED) is 0.0754. The number of carboxylic acid groups (broad SMARTS) is 1. The first-order chi connectivity index (χ1) is 21.9. The van der Waals surface area contributed by atoms with Gasteiger partial charge >= 0.3 is 5.97 Å². The van der Waals surface area contributed by atoms with Gasteiger partial charge in [-0.15, -0.1) is 0 Å². The molecule has 0 spiro atoms. The molecule has 46 heavy (non-hydrogen) atoms. The summed E-state index contributed by atoms with van der Waals surface area (Å²) in [5, 5.41) is 21.9. The molecule has 0 saturated heterocycles. The molecule has 0 aromatic heterocycles. The lowest BCUT2D eigenvalue weighted by Crippen LogP contribution is -2.52. The van der Waals surface area contributed by atoms with Crippen LogP contribution in [0.1, 0.15) is 73.7 Å². The maximum Gasteiger partial charge on any atom is 0.326 e. The predicted molar refractivity (Wildman–Crippen MR) is 165 cm³/mol. The van der Waals surface area contributed by atoms with Gasteiger partial charge in [-0.05, 0) is 70.4 Å². The van der Waals surface area contributed by atoms with Crippen molar-refractivity contribution in [2.75, 3.05) is 19.6 Å². The van der Waals surface area contributed by atoms with Crippen LogP contribution in [0.2, 0.25) is 0 Å². The monoisotopic (exact) mass is 644 g/mol. The molecule has 252 valence electrons. The molecular weight excluding hydrogens is 600 g/mol. The lowest BCUT2D eigenvalue weighted by Gasteiger charge is -2.25. The van der Waals surface area contributed by atoms with Gasteiger partial charge in [0.05, 0.1) is 13.1 Å². The molecule has 1 fully saturated rings. The molecule has 1 saturated carbocycles. The Bertz CT molecular complexity index is 1260. The van der Waals surface area contributed by atoms with Crippen molar-refractivity contribution in [1.29, 1.82) is 0 Å². The fourth-order valence-corrected chi connectivity index (χ4v) is 5.06. The van der Waals surface area contributed by atoms with Gasteiger partial charge in [-0.2, -0.15) is 0 Å². The Kier molecular flexibility index (Phi) is 15.9. The van der Waals surface area contributed by atoms with Crippen molar-refractivity contribution in [2.45, 2.75) is 76.8 Å². The van der Waals surface area contributed by atoms with Crippen LogP contribution >= 0.6 is 0 Å². The topological polar surface area (TPSA) is 243 Å². The lowest BCUT2D eigenvalue weighted by molar-refractivity contribution is -0.142. The van der Waals surface area contributed by atoms with Crippen molar-refractivity contribution in [1.82, 2.24) is 26.6 Å². The van der Waals surface area contributed by atoms with E-state index in [9.17, 15) is 43.5 Å². The number of aldehydes is 1. The van der Waals surface area contributed by atoms with Crippen molar-refractivity contribution in [3.05, 3.63) is 35.4 Å². The van der Waals surface area contributed by atoms with Crippen LogP contribution in [-0.2, 0) is 33.6 Å². The molecule has 8 N–H and O–H groups in total. The first-order valence-corrected chi connectivity index (χ1v) is 15.4. The van der Waals surface area contributed by atoms with Crippen LogP contribution in [0, 0.1) is 18.8 Å². The van der Waals surface area contributed by atoms with E-state index in [0.29, 0.717) is 56.9 Å². The molecule has 0 radical (unpaired) electrons. The third kappa shape index (κ3) is 13.4. The highest BCUT2D eigenvalue weighted by Gasteiger charge is 2.29. The van der Waals surface area contributed by atoms with E-state index in [2.05, 4.69) is 26.6 Å². The van der Waals surface area contributed by atoms with E-state index in [4.69, 9.17) is 5.73 Å². The van der Waals surface area contributed by atoms with E-state index in [-0.39, 0.29) is 42.9 Å². The summed E-state index contributed by atoms with van der Waals surface area (Å²) < 4.78 is 0. The summed E-state index contributed by atoms with van der Waals surface area (Å²) in [7, 11) is 0. The van der Waals surface area contributed by atoms with Crippen LogP contribution in [0.25, 0.3) is 0 Å². The second kappa shape index (κ2) is 19.5. The molecule has 0 heterocycles.